The van der Waals surface area contributed by atoms with Crippen molar-refractivity contribution >= 4 is 35.7 Å². The average molecular weight is 746 g/mol. The predicted octanol–water partition coefficient (Wildman–Crippen LogP) is 6.73. The van der Waals surface area contributed by atoms with E-state index in [1.165, 1.54) is 71.8 Å². The molecule has 0 saturated heterocycles. The second-order valence-corrected chi connectivity index (χ2v) is 10.9. The SMILES string of the molecule is CCCc1ccc(F)cc1.CCCc1ccc(F)cc1.O=CC1C(=O)c2ccc(O)cc2C1=O.O=CC1C(=O)c2ccc(O)cc2C1=O.[Y]. The van der Waals surface area contributed by atoms with Crippen molar-refractivity contribution in [1.29, 1.82) is 0 Å². The summed E-state index contributed by atoms with van der Waals surface area (Å²) >= 11 is 0. The number of phenolic OH excluding ortho intramolecular Hbond substituents is 2. The van der Waals surface area contributed by atoms with E-state index in [1.54, 1.807) is 0 Å². The van der Waals surface area contributed by atoms with E-state index < -0.39 is 35.0 Å². The van der Waals surface area contributed by atoms with Crippen LogP contribution in [0, 0.1) is 23.5 Å². The second kappa shape index (κ2) is 19.5. The first-order chi connectivity index (χ1) is 22.9. The van der Waals surface area contributed by atoms with Gasteiger partial charge in [-0.25, -0.2) is 8.78 Å². The minimum atomic E-state index is -1.22. The van der Waals surface area contributed by atoms with E-state index in [0.717, 1.165) is 25.7 Å². The quantitative estimate of drug-likeness (QED) is 0.164. The molecule has 2 N–H and O–H groups in total. The van der Waals surface area contributed by atoms with Gasteiger partial charge in [-0.3, -0.25) is 19.2 Å². The first-order valence-corrected chi connectivity index (χ1v) is 15.2. The summed E-state index contributed by atoms with van der Waals surface area (Å²) in [6.45, 7) is 4.23. The Hall–Kier alpha value is -4.54. The Morgan fingerprint density at radius 1 is 0.531 bits per heavy atom. The maximum absolute atomic E-state index is 12.3. The number of ketones is 4. The van der Waals surface area contributed by atoms with Gasteiger partial charge in [-0.1, -0.05) is 51.0 Å². The van der Waals surface area contributed by atoms with Crippen LogP contribution in [0.25, 0.3) is 0 Å². The van der Waals surface area contributed by atoms with Crippen LogP contribution >= 0.6 is 0 Å². The first-order valence-electron chi connectivity index (χ1n) is 15.2. The summed E-state index contributed by atoms with van der Waals surface area (Å²) in [6.07, 6.45) is 4.99. The molecule has 0 aliphatic heterocycles. The molecular formula is C38H34F2O8Y. The molecule has 11 heteroatoms. The van der Waals surface area contributed by atoms with Gasteiger partial charge < -0.3 is 19.8 Å². The van der Waals surface area contributed by atoms with E-state index in [1.807, 2.05) is 24.3 Å². The van der Waals surface area contributed by atoms with Gasteiger partial charge in [-0.05, 0) is 84.6 Å². The Kier molecular flexibility index (Phi) is 16.1. The van der Waals surface area contributed by atoms with E-state index in [-0.39, 0.29) is 78.1 Å². The summed E-state index contributed by atoms with van der Waals surface area (Å²) in [5.41, 5.74) is 3.11. The minimum absolute atomic E-state index is 0. The molecule has 4 aromatic rings. The van der Waals surface area contributed by atoms with Crippen LogP contribution in [0.2, 0.25) is 0 Å². The standard InChI is InChI=1S/2C10H6O4.2C9H11F.Y/c2*11-4-8-9(13)6-2-1-5(12)3-7(6)10(8)14;2*1-2-3-8-4-6-9(10)7-5-8;/h2*1-4,8,12H;2*4-7H,2-3H2,1H3;. The van der Waals surface area contributed by atoms with E-state index >= 15 is 0 Å². The van der Waals surface area contributed by atoms with Crippen molar-refractivity contribution in [3.05, 3.63) is 130 Å². The third-order valence-electron chi connectivity index (χ3n) is 7.37. The number of carbonyl (C=O) groups is 6. The number of phenols is 2. The molecule has 0 spiro atoms. The smallest absolute Gasteiger partial charge is 0.181 e. The van der Waals surface area contributed by atoms with Crippen LogP contribution in [-0.4, -0.2) is 45.9 Å². The molecule has 251 valence electrons. The van der Waals surface area contributed by atoms with Crippen molar-refractivity contribution in [3.63, 3.8) is 0 Å². The number of hydrogen-bond acceptors (Lipinski definition) is 8. The van der Waals surface area contributed by atoms with E-state index in [4.69, 9.17) is 10.2 Å². The van der Waals surface area contributed by atoms with Gasteiger partial charge in [0.2, 0.25) is 0 Å². The summed E-state index contributed by atoms with van der Waals surface area (Å²) in [4.78, 5) is 66.6. The third-order valence-corrected chi connectivity index (χ3v) is 7.37. The summed E-state index contributed by atoms with van der Waals surface area (Å²) in [6, 6.07) is 21.1. The molecule has 0 bridgehead atoms. The number of benzene rings is 4. The van der Waals surface area contributed by atoms with Crippen molar-refractivity contribution in [2.45, 2.75) is 39.5 Å². The first kappa shape index (κ1) is 40.6. The molecule has 2 atom stereocenters. The fourth-order valence-electron chi connectivity index (χ4n) is 4.94. The topological polar surface area (TPSA) is 143 Å². The summed E-state index contributed by atoms with van der Waals surface area (Å²) in [7, 11) is 0. The van der Waals surface area contributed by atoms with E-state index in [2.05, 4.69) is 13.8 Å². The molecule has 0 saturated carbocycles. The Balaban J connectivity index is 0.000000228. The van der Waals surface area contributed by atoms with E-state index in [9.17, 15) is 37.5 Å². The molecule has 8 nitrogen and oxygen atoms in total. The zero-order valence-electron chi connectivity index (χ0n) is 26.9. The van der Waals surface area contributed by atoms with Crippen LogP contribution in [0.1, 0.15) is 79.2 Å². The summed E-state index contributed by atoms with van der Waals surface area (Å²) in [5.74, 6) is -4.95. The number of aldehydes is 2. The number of fused-ring (bicyclic) bond motifs is 2. The number of carbonyl (C=O) groups excluding carboxylic acids is 6. The van der Waals surface area contributed by atoms with Crippen molar-refractivity contribution in [2.75, 3.05) is 0 Å². The van der Waals surface area contributed by atoms with Crippen LogP contribution < -0.4 is 0 Å². The normalized spacial score (nSPS) is 15.2. The fourth-order valence-corrected chi connectivity index (χ4v) is 4.94. The number of hydrogen-bond donors (Lipinski definition) is 2. The van der Waals surface area contributed by atoms with Gasteiger partial charge in [0.15, 0.2) is 23.1 Å². The molecule has 6 rings (SSSR count). The maximum Gasteiger partial charge on any atom is 0.181 e. The molecule has 2 aliphatic rings. The van der Waals surface area contributed by atoms with Gasteiger partial charge in [0.05, 0.1) is 0 Å². The maximum atomic E-state index is 12.3. The molecule has 0 aromatic heterocycles. The van der Waals surface area contributed by atoms with Crippen LogP contribution in [-0.2, 0) is 55.1 Å². The third kappa shape index (κ3) is 10.7. The Labute approximate surface area is 307 Å². The number of aromatic hydroxyl groups is 2. The van der Waals surface area contributed by atoms with Gasteiger partial charge >= 0.3 is 0 Å². The van der Waals surface area contributed by atoms with Gasteiger partial charge in [-0.2, -0.15) is 0 Å². The average Bonchev–Trinajstić information content (AvgIpc) is 3.46. The molecule has 2 unspecified atom stereocenters. The molecule has 0 amide bonds. The van der Waals surface area contributed by atoms with Gasteiger partial charge in [0, 0.05) is 55.0 Å². The zero-order chi connectivity index (χ0) is 35.4. The largest absolute Gasteiger partial charge is 0.508 e. The van der Waals surface area contributed by atoms with E-state index in [0.29, 0.717) is 12.6 Å². The molecule has 2 aliphatic carbocycles. The molecule has 1 radical (unpaired) electrons. The summed E-state index contributed by atoms with van der Waals surface area (Å²) in [5, 5.41) is 18.2. The van der Waals surface area contributed by atoms with Gasteiger partial charge in [0.1, 0.15) is 47.5 Å². The molecule has 4 aromatic carbocycles. The Morgan fingerprint density at radius 2 is 0.837 bits per heavy atom. The van der Waals surface area contributed by atoms with Crippen LogP contribution in [0.3, 0.4) is 0 Å². The number of rotatable bonds is 6. The second-order valence-electron chi connectivity index (χ2n) is 10.9. The van der Waals surface area contributed by atoms with Crippen LogP contribution in [0.4, 0.5) is 8.78 Å². The predicted molar refractivity (Wildman–Crippen MR) is 173 cm³/mol. The minimum Gasteiger partial charge on any atom is -0.508 e. The van der Waals surface area contributed by atoms with Gasteiger partial charge in [0.25, 0.3) is 0 Å². The number of aryl methyl sites for hydroxylation is 2. The summed E-state index contributed by atoms with van der Waals surface area (Å²) < 4.78 is 24.7. The Bertz CT molecular complexity index is 1670. The van der Waals surface area contributed by atoms with Crippen LogP contribution in [0.5, 0.6) is 11.5 Å². The Morgan fingerprint density at radius 3 is 1.12 bits per heavy atom. The van der Waals surface area contributed by atoms with Crippen molar-refractivity contribution in [2.24, 2.45) is 11.8 Å². The monoisotopic (exact) mass is 745 g/mol. The van der Waals surface area contributed by atoms with Gasteiger partial charge in [-0.15, -0.1) is 0 Å². The molecule has 49 heavy (non-hydrogen) atoms. The number of Topliss-reactive ketones (excluding diaryl/α,β-unsaturated/α-hetero) is 4. The fraction of sp³-hybridized carbons (Fsp3) is 0.211. The molecular weight excluding hydrogens is 711 g/mol. The van der Waals surface area contributed by atoms with Crippen molar-refractivity contribution in [3.8, 4) is 11.5 Å². The number of halogens is 2. The van der Waals surface area contributed by atoms with Crippen LogP contribution in [0.15, 0.2) is 84.9 Å². The van der Waals surface area contributed by atoms with Crippen molar-refractivity contribution in [1.82, 2.24) is 0 Å². The van der Waals surface area contributed by atoms with Crippen molar-refractivity contribution < 1.29 is 80.5 Å². The molecule has 0 fully saturated rings. The molecule has 0 heterocycles. The zero-order valence-corrected chi connectivity index (χ0v) is 29.7.